The van der Waals surface area contributed by atoms with Gasteiger partial charge in [0.1, 0.15) is 0 Å². The number of anilines is 3. The van der Waals surface area contributed by atoms with Gasteiger partial charge in [-0.05, 0) is 101 Å². The van der Waals surface area contributed by atoms with Crippen LogP contribution in [0.5, 0.6) is 0 Å². The summed E-state index contributed by atoms with van der Waals surface area (Å²) in [5, 5.41) is 4.95. The van der Waals surface area contributed by atoms with Gasteiger partial charge in [-0.2, -0.15) is 0 Å². The number of fused-ring (bicyclic) bond motifs is 2. The maximum absolute atomic E-state index is 2.50. The van der Waals surface area contributed by atoms with Crippen LogP contribution in [-0.4, -0.2) is 0 Å². The van der Waals surface area contributed by atoms with Crippen molar-refractivity contribution in [3.63, 3.8) is 0 Å². The molecule has 0 amide bonds. The minimum atomic E-state index is -0.0190. The largest absolute Gasteiger partial charge is 0.309 e. The van der Waals surface area contributed by atoms with Crippen LogP contribution in [0.3, 0.4) is 0 Å². The van der Waals surface area contributed by atoms with Crippen molar-refractivity contribution in [1.82, 2.24) is 0 Å². The van der Waals surface area contributed by atoms with E-state index >= 15 is 0 Å². The molecule has 0 heterocycles. The van der Waals surface area contributed by atoms with E-state index in [0.29, 0.717) is 0 Å². The first-order valence-electron chi connectivity index (χ1n) is 20.8. The SMILES string of the molecule is CC(C)(C)c1cc(-c2ccccc2N(c2cccc(-c3cccc4ccccc34)c2)c2ccccc2-c2cccc3cccc(-c4ccccc4)c23)cc(C(C)(C)C)c1. The Bertz CT molecular complexity index is 2910. The molecule has 59 heavy (non-hydrogen) atoms. The van der Waals surface area contributed by atoms with E-state index in [1.165, 1.54) is 77.2 Å². The molecule has 0 atom stereocenters. The summed E-state index contributed by atoms with van der Waals surface area (Å²) in [5.41, 5.74) is 15.6. The molecule has 9 aromatic carbocycles. The van der Waals surface area contributed by atoms with E-state index in [9.17, 15) is 0 Å². The summed E-state index contributed by atoms with van der Waals surface area (Å²) < 4.78 is 0. The molecular formula is C58H51N. The van der Waals surface area contributed by atoms with E-state index in [4.69, 9.17) is 0 Å². The van der Waals surface area contributed by atoms with Crippen LogP contribution in [0.25, 0.3) is 66.1 Å². The molecule has 0 aromatic heterocycles. The normalized spacial score (nSPS) is 11.9. The standard InChI is InChI=1S/C58H51N/c1-57(2,3)45-36-44(37-46(39-45)58(4,5)6)50-29-12-14-34-54(50)59(47-27-16-26-43(38-47)49-31-17-23-40-22-10-11-28-48(40)49)55-35-15-13-30-52(55)53-33-19-25-42-24-18-32-51(56(42)53)41-20-8-7-9-21-41/h7-39H,1-6H3. The second kappa shape index (κ2) is 15.2. The van der Waals surface area contributed by atoms with Crippen LogP contribution in [0, 0.1) is 0 Å². The van der Waals surface area contributed by atoms with Gasteiger partial charge < -0.3 is 4.90 Å². The first kappa shape index (κ1) is 37.9. The lowest BCUT2D eigenvalue weighted by Gasteiger charge is -2.31. The molecular weight excluding hydrogens is 711 g/mol. The van der Waals surface area contributed by atoms with Crippen molar-refractivity contribution in [2.45, 2.75) is 52.4 Å². The molecule has 0 bridgehead atoms. The van der Waals surface area contributed by atoms with Gasteiger partial charge in [0, 0.05) is 16.8 Å². The molecule has 0 spiro atoms. The molecule has 9 aromatic rings. The third-order valence-corrected chi connectivity index (χ3v) is 11.8. The van der Waals surface area contributed by atoms with E-state index < -0.39 is 0 Å². The van der Waals surface area contributed by atoms with Crippen molar-refractivity contribution in [2.24, 2.45) is 0 Å². The predicted octanol–water partition coefficient (Wildman–Crippen LogP) is 16.7. The molecule has 0 saturated carbocycles. The summed E-state index contributed by atoms with van der Waals surface area (Å²) in [6.45, 7) is 13.9. The Balaban J connectivity index is 1.34. The fourth-order valence-electron chi connectivity index (χ4n) is 8.58. The molecule has 1 nitrogen and oxygen atoms in total. The number of hydrogen-bond donors (Lipinski definition) is 0. The predicted molar refractivity (Wildman–Crippen MR) is 255 cm³/mol. The maximum atomic E-state index is 2.50. The lowest BCUT2D eigenvalue weighted by atomic mass is 9.78. The third-order valence-electron chi connectivity index (χ3n) is 11.8. The molecule has 0 N–H and O–H groups in total. The van der Waals surface area contributed by atoms with Crippen molar-refractivity contribution in [3.05, 3.63) is 211 Å². The van der Waals surface area contributed by atoms with Gasteiger partial charge in [0.25, 0.3) is 0 Å². The topological polar surface area (TPSA) is 3.24 Å². The lowest BCUT2D eigenvalue weighted by molar-refractivity contribution is 0.569. The van der Waals surface area contributed by atoms with Crippen molar-refractivity contribution in [1.29, 1.82) is 0 Å². The monoisotopic (exact) mass is 761 g/mol. The summed E-state index contributed by atoms with van der Waals surface area (Å²) in [5.74, 6) is 0. The van der Waals surface area contributed by atoms with Crippen LogP contribution in [-0.2, 0) is 10.8 Å². The van der Waals surface area contributed by atoms with Crippen LogP contribution >= 0.6 is 0 Å². The molecule has 0 fully saturated rings. The van der Waals surface area contributed by atoms with Gasteiger partial charge in [-0.3, -0.25) is 0 Å². The molecule has 0 aliphatic carbocycles. The Hall–Kier alpha value is -6.70. The zero-order chi connectivity index (χ0) is 40.7. The zero-order valence-corrected chi connectivity index (χ0v) is 35.0. The maximum Gasteiger partial charge on any atom is 0.0540 e. The van der Waals surface area contributed by atoms with E-state index in [1.807, 2.05) is 0 Å². The average Bonchev–Trinajstić information content (AvgIpc) is 3.26. The minimum absolute atomic E-state index is 0.0190. The van der Waals surface area contributed by atoms with Crippen molar-refractivity contribution < 1.29 is 0 Å². The van der Waals surface area contributed by atoms with E-state index in [2.05, 4.69) is 247 Å². The Kier molecular flexibility index (Phi) is 9.77. The van der Waals surface area contributed by atoms with Crippen LogP contribution < -0.4 is 4.90 Å². The van der Waals surface area contributed by atoms with Gasteiger partial charge in [0.2, 0.25) is 0 Å². The Morgan fingerprint density at radius 2 is 0.814 bits per heavy atom. The zero-order valence-electron chi connectivity index (χ0n) is 35.0. The highest BCUT2D eigenvalue weighted by Gasteiger charge is 2.25. The molecule has 1 heteroatoms. The minimum Gasteiger partial charge on any atom is -0.309 e. The second-order valence-electron chi connectivity index (χ2n) is 17.8. The summed E-state index contributed by atoms with van der Waals surface area (Å²) in [6, 6.07) is 73.8. The summed E-state index contributed by atoms with van der Waals surface area (Å²) >= 11 is 0. The molecule has 0 radical (unpaired) electrons. The fourth-order valence-corrected chi connectivity index (χ4v) is 8.58. The number of hydrogen-bond acceptors (Lipinski definition) is 1. The van der Waals surface area contributed by atoms with Crippen LogP contribution in [0.1, 0.15) is 52.7 Å². The van der Waals surface area contributed by atoms with E-state index in [-0.39, 0.29) is 10.8 Å². The lowest BCUT2D eigenvalue weighted by Crippen LogP contribution is -2.17. The second-order valence-corrected chi connectivity index (χ2v) is 17.8. The highest BCUT2D eigenvalue weighted by molar-refractivity contribution is 6.09. The number of benzene rings is 9. The summed E-state index contributed by atoms with van der Waals surface area (Å²) in [7, 11) is 0. The first-order chi connectivity index (χ1) is 28.5. The third kappa shape index (κ3) is 7.34. The highest BCUT2D eigenvalue weighted by atomic mass is 15.1. The van der Waals surface area contributed by atoms with Gasteiger partial charge in [-0.1, -0.05) is 217 Å². The van der Waals surface area contributed by atoms with E-state index in [1.54, 1.807) is 0 Å². The van der Waals surface area contributed by atoms with Crippen LogP contribution in [0.2, 0.25) is 0 Å². The summed E-state index contributed by atoms with van der Waals surface area (Å²) in [4.78, 5) is 2.50. The highest BCUT2D eigenvalue weighted by Crippen LogP contribution is 2.48. The Morgan fingerprint density at radius 1 is 0.322 bits per heavy atom. The van der Waals surface area contributed by atoms with Crippen molar-refractivity contribution >= 4 is 38.6 Å². The van der Waals surface area contributed by atoms with E-state index in [0.717, 1.165) is 17.1 Å². The molecule has 0 saturated heterocycles. The molecule has 0 aliphatic rings. The average molecular weight is 762 g/mol. The quantitative estimate of drug-likeness (QED) is 0.156. The summed E-state index contributed by atoms with van der Waals surface area (Å²) in [6.07, 6.45) is 0. The Morgan fingerprint density at radius 3 is 1.51 bits per heavy atom. The van der Waals surface area contributed by atoms with Gasteiger partial charge in [0.05, 0.1) is 11.4 Å². The van der Waals surface area contributed by atoms with Gasteiger partial charge in [-0.25, -0.2) is 0 Å². The van der Waals surface area contributed by atoms with Crippen molar-refractivity contribution in [2.75, 3.05) is 4.90 Å². The number of nitrogens with zero attached hydrogens (tertiary/aromatic N) is 1. The number of para-hydroxylation sites is 2. The van der Waals surface area contributed by atoms with Gasteiger partial charge >= 0.3 is 0 Å². The molecule has 9 rings (SSSR count). The fraction of sp³-hybridized carbons (Fsp3) is 0.138. The van der Waals surface area contributed by atoms with Gasteiger partial charge in [-0.15, -0.1) is 0 Å². The first-order valence-corrected chi connectivity index (χ1v) is 20.8. The van der Waals surface area contributed by atoms with Crippen LogP contribution in [0.4, 0.5) is 17.1 Å². The number of rotatable bonds is 7. The molecule has 0 aliphatic heterocycles. The van der Waals surface area contributed by atoms with Crippen LogP contribution in [0.15, 0.2) is 200 Å². The molecule has 288 valence electrons. The smallest absolute Gasteiger partial charge is 0.0540 e. The van der Waals surface area contributed by atoms with Crippen molar-refractivity contribution in [3.8, 4) is 44.5 Å². The Labute approximate surface area is 350 Å². The van der Waals surface area contributed by atoms with Gasteiger partial charge in [0.15, 0.2) is 0 Å². The molecule has 0 unspecified atom stereocenters.